The standard InChI is InChI=1S/C12H21NO/c1-10(2)6-7-12(14)11-5-4-8-13(3)9-11/h6-7,10-11H,4-5,8-9H2,1-3H3/b7-6+. The van der Waals surface area contributed by atoms with Crippen LogP contribution in [0, 0.1) is 11.8 Å². The molecule has 2 heteroatoms. The highest BCUT2D eigenvalue weighted by Gasteiger charge is 2.21. The van der Waals surface area contributed by atoms with Gasteiger partial charge < -0.3 is 4.90 Å². The molecule has 0 radical (unpaired) electrons. The largest absolute Gasteiger partial charge is 0.306 e. The first-order chi connectivity index (χ1) is 6.59. The molecule has 1 aliphatic rings. The number of ketones is 1. The van der Waals surface area contributed by atoms with Gasteiger partial charge in [0.05, 0.1) is 0 Å². The second-order valence-corrected chi connectivity index (χ2v) is 4.61. The topological polar surface area (TPSA) is 20.3 Å². The molecule has 0 N–H and O–H groups in total. The van der Waals surface area contributed by atoms with Gasteiger partial charge in [-0.3, -0.25) is 4.79 Å². The summed E-state index contributed by atoms with van der Waals surface area (Å²) in [7, 11) is 2.09. The van der Waals surface area contributed by atoms with Crippen molar-refractivity contribution in [2.24, 2.45) is 11.8 Å². The minimum Gasteiger partial charge on any atom is -0.306 e. The average molecular weight is 195 g/mol. The van der Waals surface area contributed by atoms with E-state index >= 15 is 0 Å². The van der Waals surface area contributed by atoms with Gasteiger partial charge in [0.15, 0.2) is 5.78 Å². The Morgan fingerprint density at radius 3 is 2.79 bits per heavy atom. The number of likely N-dealkylation sites (tertiary alicyclic amines) is 1. The van der Waals surface area contributed by atoms with E-state index in [4.69, 9.17) is 0 Å². The zero-order valence-corrected chi connectivity index (χ0v) is 9.49. The first-order valence-corrected chi connectivity index (χ1v) is 5.50. The molecule has 0 aliphatic carbocycles. The summed E-state index contributed by atoms with van der Waals surface area (Å²) < 4.78 is 0. The van der Waals surface area contributed by atoms with Gasteiger partial charge in [-0.05, 0) is 38.4 Å². The van der Waals surface area contributed by atoms with Crippen LogP contribution in [0.25, 0.3) is 0 Å². The van der Waals surface area contributed by atoms with E-state index in [-0.39, 0.29) is 5.92 Å². The predicted molar refractivity (Wildman–Crippen MR) is 59.2 cm³/mol. The highest BCUT2D eigenvalue weighted by Crippen LogP contribution is 2.16. The summed E-state index contributed by atoms with van der Waals surface area (Å²) in [4.78, 5) is 14.0. The maximum Gasteiger partial charge on any atom is 0.159 e. The summed E-state index contributed by atoms with van der Waals surface area (Å²) in [5.41, 5.74) is 0. The van der Waals surface area contributed by atoms with Crippen molar-refractivity contribution >= 4 is 5.78 Å². The second-order valence-electron chi connectivity index (χ2n) is 4.61. The van der Waals surface area contributed by atoms with Gasteiger partial charge in [0, 0.05) is 12.5 Å². The van der Waals surface area contributed by atoms with Gasteiger partial charge in [-0.15, -0.1) is 0 Å². The minimum absolute atomic E-state index is 0.240. The number of carbonyl (C=O) groups excluding carboxylic acids is 1. The Hall–Kier alpha value is -0.630. The van der Waals surface area contributed by atoms with Crippen molar-refractivity contribution in [3.8, 4) is 0 Å². The van der Waals surface area contributed by atoms with E-state index in [1.54, 1.807) is 6.08 Å². The highest BCUT2D eigenvalue weighted by molar-refractivity contribution is 5.91. The molecular formula is C12H21NO. The molecule has 0 spiro atoms. The van der Waals surface area contributed by atoms with Crippen molar-refractivity contribution in [2.75, 3.05) is 20.1 Å². The lowest BCUT2D eigenvalue weighted by molar-refractivity contribution is -0.119. The van der Waals surface area contributed by atoms with Gasteiger partial charge in [-0.1, -0.05) is 19.9 Å². The molecule has 0 amide bonds. The van der Waals surface area contributed by atoms with Crippen molar-refractivity contribution in [3.05, 3.63) is 12.2 Å². The van der Waals surface area contributed by atoms with E-state index in [2.05, 4.69) is 25.8 Å². The lowest BCUT2D eigenvalue weighted by Gasteiger charge is -2.27. The van der Waals surface area contributed by atoms with Crippen LogP contribution in [0.1, 0.15) is 26.7 Å². The fourth-order valence-electron chi connectivity index (χ4n) is 1.82. The molecule has 1 heterocycles. The van der Waals surface area contributed by atoms with Crippen LogP contribution in [-0.4, -0.2) is 30.8 Å². The Bertz CT molecular complexity index is 220. The normalized spacial score (nSPS) is 24.7. The first kappa shape index (κ1) is 11.4. The minimum atomic E-state index is 0.240. The summed E-state index contributed by atoms with van der Waals surface area (Å²) in [5, 5.41) is 0. The van der Waals surface area contributed by atoms with Crippen LogP contribution in [-0.2, 0) is 4.79 Å². The number of hydrogen-bond donors (Lipinski definition) is 0. The van der Waals surface area contributed by atoms with E-state index in [1.807, 2.05) is 6.08 Å². The molecule has 1 saturated heterocycles. The Kier molecular flexibility index (Phi) is 4.33. The SMILES string of the molecule is CC(C)/C=C/C(=O)C1CCCN(C)C1. The quantitative estimate of drug-likeness (QED) is 0.643. The summed E-state index contributed by atoms with van der Waals surface area (Å²) >= 11 is 0. The third kappa shape index (κ3) is 3.62. The van der Waals surface area contributed by atoms with Crippen molar-refractivity contribution in [1.29, 1.82) is 0 Å². The summed E-state index contributed by atoms with van der Waals surface area (Å²) in [6, 6.07) is 0. The van der Waals surface area contributed by atoms with E-state index in [0.717, 1.165) is 25.9 Å². The van der Waals surface area contributed by atoms with Gasteiger partial charge in [-0.25, -0.2) is 0 Å². The molecule has 0 aromatic carbocycles. The van der Waals surface area contributed by atoms with Gasteiger partial charge in [0.2, 0.25) is 0 Å². The molecule has 1 unspecified atom stereocenters. The first-order valence-electron chi connectivity index (χ1n) is 5.50. The van der Waals surface area contributed by atoms with Crippen molar-refractivity contribution in [3.63, 3.8) is 0 Å². The lowest BCUT2D eigenvalue weighted by atomic mass is 9.93. The molecule has 2 nitrogen and oxygen atoms in total. The molecule has 1 atom stereocenters. The zero-order valence-electron chi connectivity index (χ0n) is 9.49. The molecule has 80 valence electrons. The molecule has 14 heavy (non-hydrogen) atoms. The summed E-state index contributed by atoms with van der Waals surface area (Å²) in [6.07, 6.45) is 5.99. The van der Waals surface area contributed by atoms with Crippen LogP contribution >= 0.6 is 0 Å². The third-order valence-electron chi connectivity index (χ3n) is 2.67. The molecule has 0 aromatic heterocycles. The molecule has 1 aliphatic heterocycles. The second kappa shape index (κ2) is 5.30. The monoisotopic (exact) mass is 195 g/mol. The lowest BCUT2D eigenvalue weighted by Crippen LogP contribution is -2.35. The summed E-state index contributed by atoms with van der Waals surface area (Å²) in [5.74, 6) is 1.02. The Morgan fingerprint density at radius 1 is 1.50 bits per heavy atom. The van der Waals surface area contributed by atoms with Gasteiger partial charge in [0.25, 0.3) is 0 Å². The fourth-order valence-corrected chi connectivity index (χ4v) is 1.82. The van der Waals surface area contributed by atoms with Crippen LogP contribution in [0.4, 0.5) is 0 Å². The maximum atomic E-state index is 11.7. The smallest absolute Gasteiger partial charge is 0.159 e. The van der Waals surface area contributed by atoms with E-state index in [1.165, 1.54) is 0 Å². The maximum absolute atomic E-state index is 11.7. The number of carbonyl (C=O) groups is 1. The number of nitrogens with zero attached hydrogens (tertiary/aromatic N) is 1. The molecular weight excluding hydrogens is 174 g/mol. The molecule has 1 fully saturated rings. The molecule has 0 bridgehead atoms. The fraction of sp³-hybridized carbons (Fsp3) is 0.750. The van der Waals surface area contributed by atoms with Crippen molar-refractivity contribution in [2.45, 2.75) is 26.7 Å². The van der Waals surface area contributed by atoms with E-state index in [9.17, 15) is 4.79 Å². The Labute approximate surface area is 87.0 Å². The van der Waals surface area contributed by atoms with Crippen LogP contribution in [0.15, 0.2) is 12.2 Å². The van der Waals surface area contributed by atoms with Crippen LogP contribution in [0.5, 0.6) is 0 Å². The zero-order chi connectivity index (χ0) is 10.6. The Balaban J connectivity index is 2.43. The number of allylic oxidation sites excluding steroid dienone is 2. The van der Waals surface area contributed by atoms with Crippen LogP contribution in [0.2, 0.25) is 0 Å². The van der Waals surface area contributed by atoms with Crippen LogP contribution in [0.3, 0.4) is 0 Å². The molecule has 1 rings (SSSR count). The molecule has 0 saturated carbocycles. The van der Waals surface area contributed by atoms with E-state index < -0.39 is 0 Å². The summed E-state index contributed by atoms with van der Waals surface area (Å²) in [6.45, 7) is 6.26. The van der Waals surface area contributed by atoms with Gasteiger partial charge in [0.1, 0.15) is 0 Å². The average Bonchev–Trinajstić information content (AvgIpc) is 2.14. The number of piperidine rings is 1. The number of hydrogen-bond acceptors (Lipinski definition) is 2. The number of rotatable bonds is 3. The third-order valence-corrected chi connectivity index (χ3v) is 2.67. The van der Waals surface area contributed by atoms with Gasteiger partial charge >= 0.3 is 0 Å². The van der Waals surface area contributed by atoms with Crippen molar-refractivity contribution < 1.29 is 4.79 Å². The molecule has 0 aromatic rings. The Morgan fingerprint density at radius 2 is 2.21 bits per heavy atom. The van der Waals surface area contributed by atoms with Gasteiger partial charge in [-0.2, -0.15) is 0 Å². The highest BCUT2D eigenvalue weighted by atomic mass is 16.1. The van der Waals surface area contributed by atoms with E-state index in [0.29, 0.717) is 11.7 Å². The predicted octanol–water partition coefficient (Wildman–Crippen LogP) is 2.11. The van der Waals surface area contributed by atoms with Crippen molar-refractivity contribution in [1.82, 2.24) is 4.90 Å². The van der Waals surface area contributed by atoms with Crippen LogP contribution < -0.4 is 0 Å².